The molecule has 1 N–H and O–H groups in total. The highest BCUT2D eigenvalue weighted by atomic mass is 19.2. The SMILES string of the molecule is O=C(Nc1cccc2cc3c(cc12)C=CCC3)c1ccc(F)c(F)c1. The minimum Gasteiger partial charge on any atom is -0.321 e. The summed E-state index contributed by atoms with van der Waals surface area (Å²) in [4.78, 5) is 12.4. The topological polar surface area (TPSA) is 29.1 Å². The molecule has 0 saturated heterocycles. The largest absolute Gasteiger partial charge is 0.321 e. The van der Waals surface area contributed by atoms with Crippen LogP contribution >= 0.6 is 0 Å². The van der Waals surface area contributed by atoms with Crippen LogP contribution in [0.2, 0.25) is 0 Å². The lowest BCUT2D eigenvalue weighted by atomic mass is 9.93. The molecule has 0 radical (unpaired) electrons. The molecule has 2 nitrogen and oxygen atoms in total. The second kappa shape index (κ2) is 6.13. The van der Waals surface area contributed by atoms with E-state index >= 15 is 0 Å². The van der Waals surface area contributed by atoms with E-state index in [2.05, 4.69) is 29.6 Å². The van der Waals surface area contributed by atoms with Gasteiger partial charge in [0, 0.05) is 16.6 Å². The minimum absolute atomic E-state index is 0.0776. The lowest BCUT2D eigenvalue weighted by Gasteiger charge is -2.14. The van der Waals surface area contributed by atoms with Crippen molar-refractivity contribution in [3.63, 3.8) is 0 Å². The Morgan fingerprint density at radius 2 is 1.88 bits per heavy atom. The third kappa shape index (κ3) is 2.91. The van der Waals surface area contributed by atoms with E-state index in [4.69, 9.17) is 0 Å². The quantitative estimate of drug-likeness (QED) is 0.674. The summed E-state index contributed by atoms with van der Waals surface area (Å²) >= 11 is 0. The highest BCUT2D eigenvalue weighted by molar-refractivity contribution is 6.09. The molecule has 124 valence electrons. The summed E-state index contributed by atoms with van der Waals surface area (Å²) in [5.41, 5.74) is 3.16. The molecule has 0 aliphatic heterocycles. The number of halogens is 2. The predicted molar refractivity (Wildman–Crippen MR) is 95.6 cm³/mol. The van der Waals surface area contributed by atoms with Gasteiger partial charge in [-0.3, -0.25) is 4.79 Å². The number of aryl methyl sites for hydroxylation is 1. The van der Waals surface area contributed by atoms with Gasteiger partial charge >= 0.3 is 0 Å². The van der Waals surface area contributed by atoms with E-state index in [9.17, 15) is 13.6 Å². The van der Waals surface area contributed by atoms with Gasteiger partial charge in [-0.15, -0.1) is 0 Å². The van der Waals surface area contributed by atoms with Gasteiger partial charge in [-0.05, 0) is 59.7 Å². The summed E-state index contributed by atoms with van der Waals surface area (Å²) in [6.45, 7) is 0. The molecule has 0 aromatic heterocycles. The Morgan fingerprint density at radius 3 is 2.72 bits per heavy atom. The standard InChI is InChI=1S/C21H15F2NO/c22-18-9-8-16(12-19(18)23)21(25)24-20-7-3-6-15-10-13-4-1-2-5-14(13)11-17(15)20/h2-3,5-12H,1,4H2,(H,24,25). The number of carbonyl (C=O) groups is 1. The van der Waals surface area contributed by atoms with Crippen molar-refractivity contribution in [3.05, 3.63) is 82.9 Å². The normalized spacial score (nSPS) is 12.9. The van der Waals surface area contributed by atoms with Crippen molar-refractivity contribution in [2.75, 3.05) is 5.32 Å². The highest BCUT2D eigenvalue weighted by Crippen LogP contribution is 2.30. The first-order valence-electron chi connectivity index (χ1n) is 8.10. The van der Waals surface area contributed by atoms with Crippen LogP contribution in [-0.4, -0.2) is 5.91 Å². The van der Waals surface area contributed by atoms with E-state index in [1.54, 1.807) is 6.07 Å². The average Bonchev–Trinajstić information content (AvgIpc) is 2.62. The number of benzene rings is 3. The zero-order valence-corrected chi connectivity index (χ0v) is 13.4. The van der Waals surface area contributed by atoms with E-state index in [0.717, 1.165) is 41.3 Å². The summed E-state index contributed by atoms with van der Waals surface area (Å²) in [5.74, 6) is -2.48. The number of rotatable bonds is 2. The van der Waals surface area contributed by atoms with Crippen LogP contribution in [0.4, 0.5) is 14.5 Å². The molecule has 0 bridgehead atoms. The van der Waals surface area contributed by atoms with Crippen LogP contribution in [0, 0.1) is 11.6 Å². The fourth-order valence-electron chi connectivity index (χ4n) is 3.15. The first-order chi connectivity index (χ1) is 12.1. The van der Waals surface area contributed by atoms with Gasteiger partial charge < -0.3 is 5.32 Å². The molecule has 4 heteroatoms. The maximum absolute atomic E-state index is 13.4. The van der Waals surface area contributed by atoms with Crippen molar-refractivity contribution in [2.24, 2.45) is 0 Å². The monoisotopic (exact) mass is 335 g/mol. The molecule has 0 spiro atoms. The van der Waals surface area contributed by atoms with E-state index in [-0.39, 0.29) is 5.56 Å². The molecular weight excluding hydrogens is 320 g/mol. The van der Waals surface area contributed by atoms with Crippen molar-refractivity contribution >= 4 is 28.4 Å². The first kappa shape index (κ1) is 15.5. The second-order valence-corrected chi connectivity index (χ2v) is 6.10. The third-order valence-electron chi connectivity index (χ3n) is 4.45. The van der Waals surface area contributed by atoms with Crippen LogP contribution < -0.4 is 5.32 Å². The molecule has 3 aromatic rings. The predicted octanol–water partition coefficient (Wildman–Crippen LogP) is 5.33. The number of carbonyl (C=O) groups excluding carboxylic acids is 1. The van der Waals surface area contributed by atoms with Crippen molar-refractivity contribution < 1.29 is 13.6 Å². The van der Waals surface area contributed by atoms with Crippen LogP contribution in [0.15, 0.2) is 54.6 Å². The van der Waals surface area contributed by atoms with Crippen molar-refractivity contribution in [3.8, 4) is 0 Å². The number of nitrogens with one attached hydrogen (secondary N) is 1. The summed E-state index contributed by atoms with van der Waals surface area (Å²) in [7, 11) is 0. The van der Waals surface area contributed by atoms with Gasteiger partial charge in [-0.2, -0.15) is 0 Å². The molecule has 0 atom stereocenters. The van der Waals surface area contributed by atoms with Gasteiger partial charge in [-0.25, -0.2) is 8.78 Å². The molecule has 1 amide bonds. The lowest BCUT2D eigenvalue weighted by molar-refractivity contribution is 0.102. The number of hydrogen-bond donors (Lipinski definition) is 1. The van der Waals surface area contributed by atoms with Gasteiger partial charge in [0.15, 0.2) is 11.6 Å². The van der Waals surface area contributed by atoms with Crippen LogP contribution in [0.1, 0.15) is 27.9 Å². The van der Waals surface area contributed by atoms with Crippen molar-refractivity contribution in [2.45, 2.75) is 12.8 Å². The third-order valence-corrected chi connectivity index (χ3v) is 4.45. The molecule has 4 rings (SSSR count). The fourth-order valence-corrected chi connectivity index (χ4v) is 3.15. The Kier molecular flexibility index (Phi) is 3.80. The Bertz CT molecular complexity index is 1020. The number of anilines is 1. The number of allylic oxidation sites excluding steroid dienone is 1. The zero-order valence-electron chi connectivity index (χ0n) is 13.4. The smallest absolute Gasteiger partial charge is 0.255 e. The van der Waals surface area contributed by atoms with Crippen molar-refractivity contribution in [1.29, 1.82) is 0 Å². The summed E-state index contributed by atoms with van der Waals surface area (Å²) in [6, 6.07) is 13.0. The van der Waals surface area contributed by atoms with Gasteiger partial charge in [0.25, 0.3) is 5.91 Å². The summed E-state index contributed by atoms with van der Waals surface area (Å²) in [6.07, 6.45) is 6.27. The first-order valence-corrected chi connectivity index (χ1v) is 8.10. The van der Waals surface area contributed by atoms with Gasteiger partial charge in [0.1, 0.15) is 0 Å². The Balaban J connectivity index is 1.72. The van der Waals surface area contributed by atoms with E-state index < -0.39 is 17.5 Å². The molecule has 3 aromatic carbocycles. The Morgan fingerprint density at radius 1 is 1.00 bits per heavy atom. The Hall–Kier alpha value is -3.01. The number of hydrogen-bond acceptors (Lipinski definition) is 1. The highest BCUT2D eigenvalue weighted by Gasteiger charge is 2.13. The van der Waals surface area contributed by atoms with E-state index in [1.807, 2.05) is 12.1 Å². The molecule has 0 unspecified atom stereocenters. The van der Waals surface area contributed by atoms with E-state index in [1.165, 1.54) is 11.6 Å². The fraction of sp³-hybridized carbons (Fsp3) is 0.0952. The van der Waals surface area contributed by atoms with Crippen LogP contribution in [0.25, 0.3) is 16.8 Å². The molecule has 0 fully saturated rings. The van der Waals surface area contributed by atoms with Gasteiger partial charge in [0.2, 0.25) is 0 Å². The maximum atomic E-state index is 13.4. The second-order valence-electron chi connectivity index (χ2n) is 6.10. The van der Waals surface area contributed by atoms with Gasteiger partial charge in [0.05, 0.1) is 0 Å². The molecular formula is C21H15F2NO. The molecule has 1 aliphatic rings. The minimum atomic E-state index is -1.04. The zero-order chi connectivity index (χ0) is 17.4. The number of amides is 1. The van der Waals surface area contributed by atoms with Gasteiger partial charge in [-0.1, -0.05) is 30.4 Å². The van der Waals surface area contributed by atoms with Crippen LogP contribution in [0.5, 0.6) is 0 Å². The summed E-state index contributed by atoms with van der Waals surface area (Å²) < 4.78 is 26.4. The maximum Gasteiger partial charge on any atom is 0.255 e. The Labute approximate surface area is 143 Å². The van der Waals surface area contributed by atoms with E-state index in [0.29, 0.717) is 5.69 Å². The average molecular weight is 335 g/mol. The molecule has 25 heavy (non-hydrogen) atoms. The molecule has 0 heterocycles. The van der Waals surface area contributed by atoms with Crippen LogP contribution in [0.3, 0.4) is 0 Å². The molecule has 1 aliphatic carbocycles. The number of fused-ring (bicyclic) bond motifs is 2. The summed E-state index contributed by atoms with van der Waals surface area (Å²) in [5, 5.41) is 4.76. The van der Waals surface area contributed by atoms with Crippen LogP contribution in [-0.2, 0) is 6.42 Å². The van der Waals surface area contributed by atoms with Crippen molar-refractivity contribution in [1.82, 2.24) is 0 Å². The lowest BCUT2D eigenvalue weighted by Crippen LogP contribution is -2.12. The molecule has 0 saturated carbocycles.